The maximum Gasteiger partial charge on any atom is 0.0831 e. The van der Waals surface area contributed by atoms with E-state index in [2.05, 4.69) is 0 Å². The molecule has 0 spiro atoms. The molecule has 0 saturated heterocycles. The molecule has 3 unspecified atom stereocenters. The van der Waals surface area contributed by atoms with Crippen LogP contribution in [0.15, 0.2) is 0 Å². The van der Waals surface area contributed by atoms with Gasteiger partial charge in [-0.25, -0.2) is 0 Å². The molecule has 0 aliphatic heterocycles. The SMILES string of the molecule is CC(O)COC(CO)CC(C)O. The van der Waals surface area contributed by atoms with E-state index in [4.69, 9.17) is 20.1 Å². The molecule has 74 valence electrons. The first kappa shape index (κ1) is 11.8. The van der Waals surface area contributed by atoms with Crippen LogP contribution in [0.2, 0.25) is 0 Å². The van der Waals surface area contributed by atoms with Gasteiger partial charge >= 0.3 is 0 Å². The van der Waals surface area contributed by atoms with Gasteiger partial charge in [-0.2, -0.15) is 0 Å². The van der Waals surface area contributed by atoms with Crippen LogP contribution in [0, 0.1) is 0 Å². The van der Waals surface area contributed by atoms with E-state index in [0.29, 0.717) is 6.42 Å². The van der Waals surface area contributed by atoms with Crippen molar-refractivity contribution in [3.05, 3.63) is 0 Å². The summed E-state index contributed by atoms with van der Waals surface area (Å²) < 4.78 is 5.10. The van der Waals surface area contributed by atoms with E-state index in [-0.39, 0.29) is 19.3 Å². The standard InChI is InChI=1S/C8H18O4/c1-6(10)3-8(4-9)12-5-7(2)11/h6-11H,3-5H2,1-2H3. The van der Waals surface area contributed by atoms with Crippen molar-refractivity contribution >= 4 is 0 Å². The molecule has 0 aromatic heterocycles. The molecule has 4 heteroatoms. The minimum Gasteiger partial charge on any atom is -0.394 e. The Bertz CT molecular complexity index is 103. The lowest BCUT2D eigenvalue weighted by Gasteiger charge is -2.17. The van der Waals surface area contributed by atoms with Crippen LogP contribution in [-0.4, -0.2) is 46.8 Å². The van der Waals surface area contributed by atoms with Crippen molar-refractivity contribution in [2.45, 2.75) is 38.6 Å². The number of hydrogen-bond acceptors (Lipinski definition) is 4. The molecule has 4 nitrogen and oxygen atoms in total. The Labute approximate surface area is 72.8 Å². The third-order valence-electron chi connectivity index (χ3n) is 1.38. The van der Waals surface area contributed by atoms with Crippen LogP contribution >= 0.6 is 0 Å². The van der Waals surface area contributed by atoms with Crippen LogP contribution in [0.4, 0.5) is 0 Å². The van der Waals surface area contributed by atoms with Gasteiger partial charge in [0.2, 0.25) is 0 Å². The average Bonchev–Trinajstić information content (AvgIpc) is 1.97. The van der Waals surface area contributed by atoms with Crippen molar-refractivity contribution in [3.63, 3.8) is 0 Å². The molecule has 0 radical (unpaired) electrons. The second-order valence-electron chi connectivity index (χ2n) is 3.07. The fourth-order valence-electron chi connectivity index (χ4n) is 0.851. The Morgan fingerprint density at radius 1 is 1.17 bits per heavy atom. The molecular weight excluding hydrogens is 160 g/mol. The normalized spacial score (nSPS) is 18.8. The monoisotopic (exact) mass is 178 g/mol. The average molecular weight is 178 g/mol. The van der Waals surface area contributed by atoms with E-state index in [1.165, 1.54) is 0 Å². The van der Waals surface area contributed by atoms with Crippen molar-refractivity contribution < 1.29 is 20.1 Å². The zero-order valence-electron chi connectivity index (χ0n) is 7.60. The van der Waals surface area contributed by atoms with Gasteiger partial charge in [-0.1, -0.05) is 0 Å². The summed E-state index contributed by atoms with van der Waals surface area (Å²) >= 11 is 0. The lowest BCUT2D eigenvalue weighted by atomic mass is 10.2. The van der Waals surface area contributed by atoms with Gasteiger partial charge < -0.3 is 20.1 Å². The van der Waals surface area contributed by atoms with Gasteiger partial charge in [0.25, 0.3) is 0 Å². The summed E-state index contributed by atoms with van der Waals surface area (Å²) in [4.78, 5) is 0. The summed E-state index contributed by atoms with van der Waals surface area (Å²) in [6, 6.07) is 0. The molecule has 0 saturated carbocycles. The third kappa shape index (κ3) is 6.54. The van der Waals surface area contributed by atoms with Crippen LogP contribution < -0.4 is 0 Å². The summed E-state index contributed by atoms with van der Waals surface area (Å²) in [6.45, 7) is 3.31. The van der Waals surface area contributed by atoms with Crippen LogP contribution in [0.1, 0.15) is 20.3 Å². The second-order valence-corrected chi connectivity index (χ2v) is 3.07. The number of hydrogen-bond donors (Lipinski definition) is 3. The van der Waals surface area contributed by atoms with E-state index in [1.54, 1.807) is 13.8 Å². The predicted octanol–water partition coefficient (Wildman–Crippen LogP) is -0.484. The lowest BCUT2D eigenvalue weighted by molar-refractivity contribution is -0.0446. The zero-order valence-corrected chi connectivity index (χ0v) is 7.60. The molecule has 3 N–H and O–H groups in total. The highest BCUT2D eigenvalue weighted by molar-refractivity contribution is 4.60. The maximum absolute atomic E-state index is 8.97. The first-order chi connectivity index (χ1) is 5.56. The lowest BCUT2D eigenvalue weighted by Crippen LogP contribution is -2.26. The highest BCUT2D eigenvalue weighted by atomic mass is 16.5. The zero-order chi connectivity index (χ0) is 9.56. The highest BCUT2D eigenvalue weighted by Crippen LogP contribution is 2.02. The summed E-state index contributed by atoms with van der Waals surface area (Å²) in [5.74, 6) is 0. The van der Waals surface area contributed by atoms with E-state index in [1.807, 2.05) is 0 Å². The fourth-order valence-corrected chi connectivity index (χ4v) is 0.851. The number of aliphatic hydroxyl groups is 3. The minimum absolute atomic E-state index is 0.127. The van der Waals surface area contributed by atoms with E-state index >= 15 is 0 Å². The first-order valence-corrected chi connectivity index (χ1v) is 4.14. The van der Waals surface area contributed by atoms with Crippen molar-refractivity contribution in [3.8, 4) is 0 Å². The number of rotatable bonds is 6. The molecular formula is C8H18O4. The van der Waals surface area contributed by atoms with E-state index in [9.17, 15) is 0 Å². The molecule has 0 aliphatic rings. The molecule has 0 aromatic carbocycles. The highest BCUT2D eigenvalue weighted by Gasteiger charge is 2.11. The minimum atomic E-state index is -0.534. The summed E-state index contributed by atoms with van der Waals surface area (Å²) in [7, 11) is 0. The Morgan fingerprint density at radius 3 is 2.08 bits per heavy atom. The topological polar surface area (TPSA) is 69.9 Å². The van der Waals surface area contributed by atoms with Gasteiger partial charge in [-0.3, -0.25) is 0 Å². The van der Waals surface area contributed by atoms with Crippen molar-refractivity contribution in [2.75, 3.05) is 13.2 Å². The molecule has 0 rings (SSSR count). The third-order valence-corrected chi connectivity index (χ3v) is 1.38. The van der Waals surface area contributed by atoms with E-state index in [0.717, 1.165) is 0 Å². The molecule has 0 aromatic rings. The van der Waals surface area contributed by atoms with Crippen molar-refractivity contribution in [2.24, 2.45) is 0 Å². The summed E-state index contributed by atoms with van der Waals surface area (Å²) in [6.07, 6.45) is -1.01. The van der Waals surface area contributed by atoms with Crippen LogP contribution in [-0.2, 0) is 4.74 Å². The van der Waals surface area contributed by atoms with Crippen molar-refractivity contribution in [1.29, 1.82) is 0 Å². The van der Waals surface area contributed by atoms with Gasteiger partial charge in [0.15, 0.2) is 0 Å². The maximum atomic E-state index is 8.97. The Kier molecular flexibility index (Phi) is 6.28. The molecule has 0 aliphatic carbocycles. The molecule has 0 fully saturated rings. The molecule has 0 heterocycles. The number of aliphatic hydroxyl groups excluding tert-OH is 3. The van der Waals surface area contributed by atoms with Crippen LogP contribution in [0.3, 0.4) is 0 Å². The second kappa shape index (κ2) is 6.37. The summed E-state index contributed by atoms with van der Waals surface area (Å²) in [5.41, 5.74) is 0. The quantitative estimate of drug-likeness (QED) is 0.513. The van der Waals surface area contributed by atoms with Gasteiger partial charge in [0.1, 0.15) is 0 Å². The predicted molar refractivity (Wildman–Crippen MR) is 44.8 cm³/mol. The molecule has 3 atom stereocenters. The molecule has 12 heavy (non-hydrogen) atoms. The smallest absolute Gasteiger partial charge is 0.0831 e. The molecule has 0 bridgehead atoms. The van der Waals surface area contributed by atoms with Crippen molar-refractivity contribution in [1.82, 2.24) is 0 Å². The van der Waals surface area contributed by atoms with E-state index < -0.39 is 12.2 Å². The largest absolute Gasteiger partial charge is 0.394 e. The first-order valence-electron chi connectivity index (χ1n) is 4.14. The summed E-state index contributed by atoms with van der Waals surface area (Å²) in [5, 5.41) is 26.6. The Morgan fingerprint density at radius 2 is 1.75 bits per heavy atom. The van der Waals surface area contributed by atoms with Gasteiger partial charge in [0.05, 0.1) is 31.5 Å². The van der Waals surface area contributed by atoms with Gasteiger partial charge in [-0.05, 0) is 13.8 Å². The fraction of sp³-hybridized carbons (Fsp3) is 1.00. The van der Waals surface area contributed by atoms with Crippen LogP contribution in [0.25, 0.3) is 0 Å². The Balaban J connectivity index is 3.53. The van der Waals surface area contributed by atoms with Gasteiger partial charge in [0, 0.05) is 6.42 Å². The van der Waals surface area contributed by atoms with Gasteiger partial charge in [-0.15, -0.1) is 0 Å². The van der Waals surface area contributed by atoms with Crippen LogP contribution in [0.5, 0.6) is 0 Å². The Hall–Kier alpha value is -0.160. The molecule has 0 amide bonds. The number of ether oxygens (including phenoxy) is 1.